The smallest absolute Gasteiger partial charge is 0.256 e. The lowest BCUT2D eigenvalue weighted by molar-refractivity contribution is 0.0621. The lowest BCUT2D eigenvalue weighted by Crippen LogP contribution is -2.46. The number of aryl methyl sites for hydroxylation is 1. The molecule has 0 bridgehead atoms. The molecule has 0 unspecified atom stereocenters. The second-order valence-electron chi connectivity index (χ2n) is 5.05. The summed E-state index contributed by atoms with van der Waals surface area (Å²) < 4.78 is 0. The molecule has 100 valence electrons. The number of aromatic nitrogens is 1. The van der Waals surface area contributed by atoms with Gasteiger partial charge in [-0.3, -0.25) is 9.78 Å². The van der Waals surface area contributed by atoms with Crippen molar-refractivity contribution >= 4 is 5.91 Å². The molecule has 1 aromatic heterocycles. The van der Waals surface area contributed by atoms with E-state index in [1.807, 2.05) is 30.9 Å². The molecule has 0 fully saturated rings. The molecule has 0 saturated heterocycles. The normalized spacial score (nSPS) is 22.3. The Balaban J connectivity index is 2.29. The van der Waals surface area contributed by atoms with E-state index >= 15 is 0 Å². The van der Waals surface area contributed by atoms with Crippen LogP contribution in [0.2, 0.25) is 0 Å². The Labute approximate surface area is 114 Å². The van der Waals surface area contributed by atoms with Crippen LogP contribution in [-0.2, 0) is 0 Å². The van der Waals surface area contributed by atoms with Gasteiger partial charge in [-0.05, 0) is 38.3 Å². The van der Waals surface area contributed by atoms with Gasteiger partial charge < -0.3 is 4.90 Å². The number of carbonyl (C=O) groups excluding carboxylic acids is 1. The van der Waals surface area contributed by atoms with E-state index < -0.39 is 0 Å². The van der Waals surface area contributed by atoms with Crippen molar-refractivity contribution in [1.29, 1.82) is 0 Å². The summed E-state index contributed by atoms with van der Waals surface area (Å²) in [6, 6.07) is 2.21. The van der Waals surface area contributed by atoms with Crippen molar-refractivity contribution in [3.05, 3.63) is 54.4 Å². The minimum atomic E-state index is 0.0555. The van der Waals surface area contributed by atoms with Crippen molar-refractivity contribution in [3.63, 3.8) is 0 Å². The van der Waals surface area contributed by atoms with E-state index in [0.717, 1.165) is 18.4 Å². The average Bonchev–Trinajstić information content (AvgIpc) is 2.39. The molecule has 2 heterocycles. The van der Waals surface area contributed by atoms with Gasteiger partial charge >= 0.3 is 0 Å². The maximum atomic E-state index is 12.7. The Kier molecular flexibility index (Phi) is 4.15. The third-order valence-corrected chi connectivity index (χ3v) is 3.45. The first-order chi connectivity index (χ1) is 9.13. The fraction of sp³-hybridized carbons (Fsp3) is 0.375. The van der Waals surface area contributed by atoms with E-state index in [2.05, 4.69) is 23.7 Å². The van der Waals surface area contributed by atoms with Crippen molar-refractivity contribution in [1.82, 2.24) is 9.88 Å². The Hall–Kier alpha value is -1.90. The van der Waals surface area contributed by atoms with Crippen LogP contribution >= 0.6 is 0 Å². The second kappa shape index (κ2) is 5.83. The number of pyridine rings is 1. The minimum absolute atomic E-state index is 0.0555. The summed E-state index contributed by atoms with van der Waals surface area (Å²) in [5.41, 5.74) is 1.67. The summed E-state index contributed by atoms with van der Waals surface area (Å²) >= 11 is 0. The zero-order valence-electron chi connectivity index (χ0n) is 11.5. The van der Waals surface area contributed by atoms with Gasteiger partial charge in [0.05, 0.1) is 5.56 Å². The SMILES string of the molecule is C=CC[C@@H]1CC=C[C@@H](C)N1C(=O)c1cncc(C)c1. The predicted molar refractivity (Wildman–Crippen MR) is 77.0 cm³/mol. The fourth-order valence-electron chi connectivity index (χ4n) is 2.55. The van der Waals surface area contributed by atoms with Crippen LogP contribution in [0.5, 0.6) is 0 Å². The molecule has 3 heteroatoms. The van der Waals surface area contributed by atoms with Crippen LogP contribution in [0.3, 0.4) is 0 Å². The standard InChI is InChI=1S/C16H20N2O/c1-4-6-15-8-5-7-13(3)18(15)16(19)14-9-12(2)10-17-11-14/h4-5,7,9-11,13,15H,1,6,8H2,2-3H3/t13-,15-/m1/s1. The summed E-state index contributed by atoms with van der Waals surface area (Å²) in [5.74, 6) is 0.0555. The zero-order valence-corrected chi connectivity index (χ0v) is 11.5. The highest BCUT2D eigenvalue weighted by Crippen LogP contribution is 2.22. The van der Waals surface area contributed by atoms with Crippen LogP contribution in [0, 0.1) is 6.92 Å². The molecule has 2 rings (SSSR count). The summed E-state index contributed by atoms with van der Waals surface area (Å²) in [4.78, 5) is 18.7. The van der Waals surface area contributed by atoms with Gasteiger partial charge in [-0.1, -0.05) is 18.2 Å². The monoisotopic (exact) mass is 256 g/mol. The van der Waals surface area contributed by atoms with Crippen LogP contribution < -0.4 is 0 Å². The molecule has 19 heavy (non-hydrogen) atoms. The van der Waals surface area contributed by atoms with Crippen molar-refractivity contribution in [2.45, 2.75) is 38.8 Å². The lowest BCUT2D eigenvalue weighted by atomic mass is 9.99. The summed E-state index contributed by atoms with van der Waals surface area (Å²) in [6.07, 6.45) is 11.2. The van der Waals surface area contributed by atoms with Gasteiger partial charge in [-0.2, -0.15) is 0 Å². The first-order valence-electron chi connectivity index (χ1n) is 6.65. The van der Waals surface area contributed by atoms with Crippen LogP contribution in [0.15, 0.2) is 43.3 Å². The number of amides is 1. The molecule has 0 aromatic carbocycles. The minimum Gasteiger partial charge on any atom is -0.329 e. The van der Waals surface area contributed by atoms with E-state index in [1.54, 1.807) is 12.4 Å². The molecule has 0 aliphatic carbocycles. The third kappa shape index (κ3) is 2.92. The van der Waals surface area contributed by atoms with Gasteiger partial charge in [-0.25, -0.2) is 0 Å². The van der Waals surface area contributed by atoms with E-state index in [4.69, 9.17) is 0 Å². The molecule has 1 aliphatic heterocycles. The van der Waals surface area contributed by atoms with Crippen LogP contribution in [-0.4, -0.2) is 27.9 Å². The van der Waals surface area contributed by atoms with Gasteiger partial charge in [0.15, 0.2) is 0 Å². The van der Waals surface area contributed by atoms with Gasteiger partial charge in [0.1, 0.15) is 0 Å². The number of hydrogen-bond acceptors (Lipinski definition) is 2. The van der Waals surface area contributed by atoms with Gasteiger partial charge in [-0.15, -0.1) is 6.58 Å². The van der Waals surface area contributed by atoms with Crippen molar-refractivity contribution in [2.75, 3.05) is 0 Å². The van der Waals surface area contributed by atoms with Gasteiger partial charge in [0.2, 0.25) is 0 Å². The van der Waals surface area contributed by atoms with E-state index in [9.17, 15) is 4.79 Å². The molecule has 1 aliphatic rings. The highest BCUT2D eigenvalue weighted by molar-refractivity contribution is 5.94. The first kappa shape index (κ1) is 13.5. The van der Waals surface area contributed by atoms with Crippen LogP contribution in [0.25, 0.3) is 0 Å². The lowest BCUT2D eigenvalue weighted by Gasteiger charge is -2.37. The Morgan fingerprint density at radius 3 is 3.05 bits per heavy atom. The molecule has 1 aromatic rings. The molecule has 3 nitrogen and oxygen atoms in total. The Bertz CT molecular complexity index is 507. The van der Waals surface area contributed by atoms with Crippen LogP contribution in [0.4, 0.5) is 0 Å². The number of rotatable bonds is 3. The molecular weight excluding hydrogens is 236 g/mol. The Morgan fingerprint density at radius 2 is 2.37 bits per heavy atom. The van der Waals surface area contributed by atoms with Crippen LogP contribution in [0.1, 0.15) is 35.7 Å². The van der Waals surface area contributed by atoms with Crippen molar-refractivity contribution in [2.24, 2.45) is 0 Å². The van der Waals surface area contributed by atoms with E-state index in [-0.39, 0.29) is 18.0 Å². The predicted octanol–water partition coefficient (Wildman–Crippen LogP) is 3.13. The van der Waals surface area contributed by atoms with Crippen molar-refractivity contribution < 1.29 is 4.79 Å². The van der Waals surface area contributed by atoms with Gasteiger partial charge in [0.25, 0.3) is 5.91 Å². The number of carbonyl (C=O) groups is 1. The molecule has 0 N–H and O–H groups in total. The van der Waals surface area contributed by atoms with Gasteiger partial charge in [0, 0.05) is 24.5 Å². The summed E-state index contributed by atoms with van der Waals surface area (Å²) in [5, 5.41) is 0. The molecule has 0 saturated carbocycles. The topological polar surface area (TPSA) is 33.2 Å². The molecule has 0 spiro atoms. The average molecular weight is 256 g/mol. The van der Waals surface area contributed by atoms with E-state index in [1.165, 1.54) is 0 Å². The highest BCUT2D eigenvalue weighted by Gasteiger charge is 2.29. The molecule has 1 amide bonds. The zero-order chi connectivity index (χ0) is 13.8. The molecular formula is C16H20N2O. The van der Waals surface area contributed by atoms with Crippen molar-refractivity contribution in [3.8, 4) is 0 Å². The largest absolute Gasteiger partial charge is 0.329 e. The quantitative estimate of drug-likeness (QED) is 0.778. The fourth-order valence-corrected chi connectivity index (χ4v) is 2.55. The number of hydrogen-bond donors (Lipinski definition) is 0. The molecule has 0 radical (unpaired) electrons. The van der Waals surface area contributed by atoms with E-state index in [0.29, 0.717) is 5.56 Å². The second-order valence-corrected chi connectivity index (χ2v) is 5.05. The Morgan fingerprint density at radius 1 is 1.58 bits per heavy atom. The summed E-state index contributed by atoms with van der Waals surface area (Å²) in [6.45, 7) is 7.78. The maximum absolute atomic E-state index is 12.7. The third-order valence-electron chi connectivity index (χ3n) is 3.45. The number of nitrogens with zero attached hydrogens (tertiary/aromatic N) is 2. The maximum Gasteiger partial charge on any atom is 0.256 e. The molecule has 2 atom stereocenters. The summed E-state index contributed by atoms with van der Waals surface area (Å²) in [7, 11) is 0. The first-order valence-corrected chi connectivity index (χ1v) is 6.65. The highest BCUT2D eigenvalue weighted by atomic mass is 16.2.